The van der Waals surface area contributed by atoms with Gasteiger partial charge in [0.2, 0.25) is 0 Å². The number of aromatic nitrogens is 1. The van der Waals surface area contributed by atoms with Crippen molar-refractivity contribution < 1.29 is 4.79 Å². The first kappa shape index (κ1) is 14.0. The third kappa shape index (κ3) is 3.55. The standard InChI is InChI=1S/C15H18N4O/c1-10-4-3-5-12(6-10)9-17-15(20)13-7-11(2)18-14(8-13)19-16/h3-8H,9,16H2,1-2H3,(H,17,20)(H,18,19). The second-order valence-electron chi connectivity index (χ2n) is 4.70. The maximum Gasteiger partial charge on any atom is 0.251 e. The minimum atomic E-state index is -0.145. The molecule has 1 amide bonds. The Labute approximate surface area is 118 Å². The topological polar surface area (TPSA) is 80.0 Å². The van der Waals surface area contributed by atoms with Crippen molar-refractivity contribution in [3.63, 3.8) is 0 Å². The zero-order valence-electron chi connectivity index (χ0n) is 11.6. The monoisotopic (exact) mass is 270 g/mol. The fraction of sp³-hybridized carbons (Fsp3) is 0.200. The number of nitrogens with one attached hydrogen (secondary N) is 2. The van der Waals surface area contributed by atoms with Crippen LogP contribution in [0.1, 0.15) is 27.2 Å². The number of nitrogens with two attached hydrogens (primary N) is 1. The van der Waals surface area contributed by atoms with Gasteiger partial charge in [0.15, 0.2) is 0 Å². The molecule has 0 radical (unpaired) electrons. The van der Waals surface area contributed by atoms with E-state index in [9.17, 15) is 4.79 Å². The highest BCUT2D eigenvalue weighted by molar-refractivity contribution is 5.94. The first-order chi connectivity index (χ1) is 9.58. The minimum absolute atomic E-state index is 0.145. The lowest BCUT2D eigenvalue weighted by Crippen LogP contribution is -2.23. The molecule has 2 aromatic rings. The number of hydrazine groups is 1. The summed E-state index contributed by atoms with van der Waals surface area (Å²) in [5.41, 5.74) is 5.97. The summed E-state index contributed by atoms with van der Waals surface area (Å²) >= 11 is 0. The zero-order valence-corrected chi connectivity index (χ0v) is 11.6. The number of carbonyl (C=O) groups is 1. The lowest BCUT2D eigenvalue weighted by Gasteiger charge is -2.08. The number of carbonyl (C=O) groups excluding carboxylic acids is 1. The van der Waals surface area contributed by atoms with Crippen LogP contribution in [-0.4, -0.2) is 10.9 Å². The van der Waals surface area contributed by atoms with Gasteiger partial charge in [0.05, 0.1) is 0 Å². The third-order valence-corrected chi connectivity index (χ3v) is 2.90. The van der Waals surface area contributed by atoms with Crippen molar-refractivity contribution in [2.45, 2.75) is 20.4 Å². The van der Waals surface area contributed by atoms with Crippen molar-refractivity contribution in [1.29, 1.82) is 0 Å². The second-order valence-corrected chi connectivity index (χ2v) is 4.70. The number of pyridine rings is 1. The van der Waals surface area contributed by atoms with E-state index in [2.05, 4.69) is 15.7 Å². The quantitative estimate of drug-likeness (QED) is 0.585. The summed E-state index contributed by atoms with van der Waals surface area (Å²) in [6.07, 6.45) is 0. The van der Waals surface area contributed by atoms with Crippen LogP contribution in [0, 0.1) is 13.8 Å². The van der Waals surface area contributed by atoms with Gasteiger partial charge in [0.1, 0.15) is 5.82 Å². The van der Waals surface area contributed by atoms with E-state index in [-0.39, 0.29) is 5.91 Å². The number of nitrogens with zero attached hydrogens (tertiary/aromatic N) is 1. The molecular weight excluding hydrogens is 252 g/mol. The van der Waals surface area contributed by atoms with E-state index in [0.717, 1.165) is 11.3 Å². The Balaban J connectivity index is 2.07. The van der Waals surface area contributed by atoms with Gasteiger partial charge in [-0.15, -0.1) is 0 Å². The van der Waals surface area contributed by atoms with Gasteiger partial charge in [-0.3, -0.25) is 4.79 Å². The highest BCUT2D eigenvalue weighted by atomic mass is 16.1. The molecule has 2 rings (SSSR count). The van der Waals surface area contributed by atoms with Crippen LogP contribution in [0.3, 0.4) is 0 Å². The molecule has 0 aliphatic rings. The van der Waals surface area contributed by atoms with Crippen LogP contribution in [0.15, 0.2) is 36.4 Å². The van der Waals surface area contributed by atoms with Gasteiger partial charge >= 0.3 is 0 Å². The van der Waals surface area contributed by atoms with Crippen molar-refractivity contribution in [3.05, 3.63) is 58.8 Å². The van der Waals surface area contributed by atoms with Crippen LogP contribution in [0.2, 0.25) is 0 Å². The second kappa shape index (κ2) is 6.16. The van der Waals surface area contributed by atoms with E-state index in [1.807, 2.05) is 38.1 Å². The van der Waals surface area contributed by atoms with Crippen LogP contribution in [0.5, 0.6) is 0 Å². The normalized spacial score (nSPS) is 10.2. The molecule has 1 heterocycles. The average Bonchev–Trinajstić information content (AvgIpc) is 2.44. The molecule has 0 bridgehead atoms. The minimum Gasteiger partial charge on any atom is -0.348 e. The molecule has 1 aromatic carbocycles. The number of hydrogen-bond acceptors (Lipinski definition) is 4. The third-order valence-electron chi connectivity index (χ3n) is 2.90. The van der Waals surface area contributed by atoms with E-state index in [4.69, 9.17) is 5.84 Å². The number of aryl methyl sites for hydroxylation is 2. The average molecular weight is 270 g/mol. The molecule has 104 valence electrons. The molecule has 5 nitrogen and oxygen atoms in total. The van der Waals surface area contributed by atoms with Gasteiger partial charge < -0.3 is 10.7 Å². The molecule has 0 unspecified atom stereocenters. The molecule has 20 heavy (non-hydrogen) atoms. The van der Waals surface area contributed by atoms with Crippen LogP contribution in [-0.2, 0) is 6.54 Å². The SMILES string of the molecule is Cc1cccc(CNC(=O)c2cc(C)nc(NN)c2)c1. The number of hydrogen-bond donors (Lipinski definition) is 3. The Morgan fingerprint density at radius 1 is 1.25 bits per heavy atom. The Morgan fingerprint density at radius 3 is 2.75 bits per heavy atom. The zero-order chi connectivity index (χ0) is 14.5. The lowest BCUT2D eigenvalue weighted by atomic mass is 10.1. The number of amides is 1. The van der Waals surface area contributed by atoms with E-state index in [0.29, 0.717) is 17.9 Å². The first-order valence-electron chi connectivity index (χ1n) is 6.37. The van der Waals surface area contributed by atoms with Gasteiger partial charge in [-0.1, -0.05) is 29.8 Å². The fourth-order valence-corrected chi connectivity index (χ4v) is 1.98. The molecule has 0 fully saturated rings. The van der Waals surface area contributed by atoms with Crippen molar-refractivity contribution >= 4 is 11.7 Å². The first-order valence-corrected chi connectivity index (χ1v) is 6.37. The van der Waals surface area contributed by atoms with E-state index < -0.39 is 0 Å². The van der Waals surface area contributed by atoms with Gasteiger partial charge in [-0.2, -0.15) is 0 Å². The summed E-state index contributed by atoms with van der Waals surface area (Å²) in [7, 11) is 0. The highest BCUT2D eigenvalue weighted by Crippen LogP contribution is 2.10. The van der Waals surface area contributed by atoms with Crippen molar-refractivity contribution in [2.75, 3.05) is 5.43 Å². The summed E-state index contributed by atoms with van der Waals surface area (Å²) in [6.45, 7) is 4.34. The summed E-state index contributed by atoms with van der Waals surface area (Å²) in [4.78, 5) is 16.3. The van der Waals surface area contributed by atoms with Crippen molar-refractivity contribution in [2.24, 2.45) is 5.84 Å². The Kier molecular flexibility index (Phi) is 4.32. The van der Waals surface area contributed by atoms with E-state index in [1.54, 1.807) is 12.1 Å². The van der Waals surface area contributed by atoms with Crippen LogP contribution >= 0.6 is 0 Å². The highest BCUT2D eigenvalue weighted by Gasteiger charge is 2.08. The molecule has 0 saturated heterocycles. The number of rotatable bonds is 4. The van der Waals surface area contributed by atoms with Gasteiger partial charge in [-0.05, 0) is 31.5 Å². The summed E-state index contributed by atoms with van der Waals surface area (Å²) < 4.78 is 0. The molecule has 0 aliphatic carbocycles. The predicted molar refractivity (Wildman–Crippen MR) is 79.1 cm³/mol. The number of anilines is 1. The molecule has 0 aliphatic heterocycles. The predicted octanol–water partition coefficient (Wildman–Crippen LogP) is 1.91. The summed E-state index contributed by atoms with van der Waals surface area (Å²) in [5, 5.41) is 2.89. The van der Waals surface area contributed by atoms with Crippen molar-refractivity contribution in [3.8, 4) is 0 Å². The smallest absolute Gasteiger partial charge is 0.251 e. The Hall–Kier alpha value is -2.40. The van der Waals surface area contributed by atoms with Gasteiger partial charge in [0.25, 0.3) is 5.91 Å². The summed E-state index contributed by atoms with van der Waals surface area (Å²) in [5.74, 6) is 5.66. The molecule has 5 heteroatoms. The van der Waals surface area contributed by atoms with E-state index >= 15 is 0 Å². The fourth-order valence-electron chi connectivity index (χ4n) is 1.98. The van der Waals surface area contributed by atoms with E-state index in [1.165, 1.54) is 5.56 Å². The maximum atomic E-state index is 12.1. The van der Waals surface area contributed by atoms with Crippen LogP contribution < -0.4 is 16.6 Å². The van der Waals surface area contributed by atoms with Crippen LogP contribution in [0.25, 0.3) is 0 Å². The molecule has 0 atom stereocenters. The summed E-state index contributed by atoms with van der Waals surface area (Å²) in [6, 6.07) is 11.4. The van der Waals surface area contributed by atoms with Crippen LogP contribution in [0.4, 0.5) is 5.82 Å². The number of nitrogen functional groups attached to an aromatic ring is 1. The Bertz CT molecular complexity index is 625. The van der Waals surface area contributed by atoms with Crippen molar-refractivity contribution in [1.82, 2.24) is 10.3 Å². The molecule has 4 N–H and O–H groups in total. The molecule has 1 aromatic heterocycles. The lowest BCUT2D eigenvalue weighted by molar-refractivity contribution is 0.0950. The maximum absolute atomic E-state index is 12.1. The molecule has 0 saturated carbocycles. The molecular formula is C15H18N4O. The van der Waals surface area contributed by atoms with Gasteiger partial charge in [-0.25, -0.2) is 10.8 Å². The largest absolute Gasteiger partial charge is 0.348 e. The molecule has 0 spiro atoms. The number of benzene rings is 1. The Morgan fingerprint density at radius 2 is 2.05 bits per heavy atom. The van der Waals surface area contributed by atoms with Gasteiger partial charge in [0, 0.05) is 17.8 Å².